The van der Waals surface area contributed by atoms with Crippen LogP contribution < -0.4 is 5.69 Å². The van der Waals surface area contributed by atoms with Crippen molar-refractivity contribution in [3.8, 4) is 22.2 Å². The minimum absolute atomic E-state index is 0.0671. The summed E-state index contributed by atoms with van der Waals surface area (Å²) in [6, 6.07) is 22.8. The third-order valence-electron chi connectivity index (χ3n) is 5.00. The summed E-state index contributed by atoms with van der Waals surface area (Å²) >= 11 is 1.45. The van der Waals surface area contributed by atoms with Crippen molar-refractivity contribution in [2.45, 2.75) is 0 Å². The van der Waals surface area contributed by atoms with E-state index in [0.717, 1.165) is 26.1 Å². The molecule has 7 nitrogen and oxygen atoms in total. The lowest BCUT2D eigenvalue weighted by molar-refractivity contribution is -0.124. The van der Waals surface area contributed by atoms with Crippen molar-refractivity contribution in [3.05, 3.63) is 94.0 Å². The Labute approximate surface area is 185 Å². The summed E-state index contributed by atoms with van der Waals surface area (Å²) in [6.07, 6.45) is 3.25. The second-order valence-electron chi connectivity index (χ2n) is 6.87. The molecule has 0 unspecified atom stereocenters. The van der Waals surface area contributed by atoms with Gasteiger partial charge in [-0.1, -0.05) is 36.4 Å². The zero-order chi connectivity index (χ0) is 22.1. The number of nitriles is 1. The van der Waals surface area contributed by atoms with Crippen molar-refractivity contribution in [2.24, 2.45) is 0 Å². The largest absolute Gasteiger partial charge is 0.417 e. The van der Waals surface area contributed by atoms with Gasteiger partial charge in [0.2, 0.25) is 5.76 Å². The first-order valence-electron chi connectivity index (χ1n) is 9.60. The Morgan fingerprint density at radius 1 is 1.06 bits per heavy atom. The van der Waals surface area contributed by atoms with Crippen molar-refractivity contribution in [1.29, 1.82) is 5.26 Å². The van der Waals surface area contributed by atoms with Gasteiger partial charge in [-0.15, -0.1) is 16.4 Å². The smallest absolute Gasteiger partial charge is 0.355 e. The maximum absolute atomic E-state index is 12.9. The van der Waals surface area contributed by atoms with Crippen molar-refractivity contribution < 1.29 is 9.53 Å². The number of pyridine rings is 1. The summed E-state index contributed by atoms with van der Waals surface area (Å²) in [4.78, 5) is 25.1. The number of thiophene rings is 1. The number of hydrogen-bond donors (Lipinski definition) is 0. The van der Waals surface area contributed by atoms with Crippen LogP contribution in [0.1, 0.15) is 4.88 Å². The first-order chi connectivity index (χ1) is 15.7. The van der Waals surface area contributed by atoms with Crippen LogP contribution in [0.4, 0.5) is 0 Å². The second kappa shape index (κ2) is 7.98. The highest BCUT2D eigenvalue weighted by molar-refractivity contribution is 7.16. The quantitative estimate of drug-likeness (QED) is 0.230. The number of benzene rings is 2. The molecule has 0 bridgehead atoms. The lowest BCUT2D eigenvalue weighted by atomic mass is 10.2. The molecule has 0 saturated heterocycles. The molecular formula is C24H14N4O3S. The summed E-state index contributed by atoms with van der Waals surface area (Å²) in [5.74, 6) is -0.0671. The van der Waals surface area contributed by atoms with Crippen LogP contribution in [0.5, 0.6) is 0 Å². The van der Waals surface area contributed by atoms with E-state index in [-0.39, 0.29) is 17.9 Å². The fraction of sp³-hybridized carbons (Fsp3) is 0. The molecule has 0 N–H and O–H groups in total. The Hall–Kier alpha value is -4.48. The number of ether oxygens (including phenoxy) is 1. The van der Waals surface area contributed by atoms with Gasteiger partial charge in [0.05, 0.1) is 5.69 Å². The van der Waals surface area contributed by atoms with Crippen LogP contribution in [0.2, 0.25) is 0 Å². The molecule has 5 rings (SSSR count). The van der Waals surface area contributed by atoms with Crippen molar-refractivity contribution in [1.82, 2.24) is 14.2 Å². The number of nitrogens with zero attached hydrogens (tertiary/aromatic N) is 4. The van der Waals surface area contributed by atoms with E-state index >= 15 is 0 Å². The van der Waals surface area contributed by atoms with Crippen LogP contribution in [-0.4, -0.2) is 20.7 Å². The van der Waals surface area contributed by atoms with Gasteiger partial charge in [-0.05, 0) is 41.3 Å². The average molecular weight is 438 g/mol. The fourth-order valence-corrected chi connectivity index (χ4v) is 4.44. The highest BCUT2D eigenvalue weighted by Gasteiger charge is 2.12. The number of carbonyl (C=O) groups is 1. The Kier molecular flexibility index (Phi) is 4.86. The zero-order valence-electron chi connectivity index (χ0n) is 16.5. The molecule has 0 aliphatic rings. The third kappa shape index (κ3) is 3.37. The molecule has 3 heterocycles. The normalized spacial score (nSPS) is 11.5. The van der Waals surface area contributed by atoms with E-state index in [0.29, 0.717) is 11.3 Å². The molecule has 0 atom stereocenters. The Balaban J connectivity index is 1.50. The van der Waals surface area contributed by atoms with Crippen molar-refractivity contribution in [3.63, 3.8) is 0 Å². The first kappa shape index (κ1) is 19.5. The molecule has 0 spiro atoms. The minimum atomic E-state index is -0.235. The third-order valence-corrected chi connectivity index (χ3v) is 6.08. The molecule has 0 fully saturated rings. The second-order valence-corrected chi connectivity index (χ2v) is 7.99. The van der Waals surface area contributed by atoms with Gasteiger partial charge in [0, 0.05) is 27.4 Å². The number of allylic oxidation sites excluding steroid dienone is 1. The highest BCUT2D eigenvalue weighted by Crippen LogP contribution is 2.30. The van der Waals surface area contributed by atoms with Crippen LogP contribution in [0, 0.1) is 11.3 Å². The first-order valence-corrected chi connectivity index (χ1v) is 10.4. The molecule has 0 aliphatic heterocycles. The topological polar surface area (TPSA) is 89.4 Å². The number of hydrogen-bond acceptors (Lipinski definition) is 6. The zero-order valence-corrected chi connectivity index (χ0v) is 17.3. The van der Waals surface area contributed by atoms with Gasteiger partial charge in [0.15, 0.2) is 5.65 Å². The van der Waals surface area contributed by atoms with Gasteiger partial charge in [-0.25, -0.2) is 9.20 Å². The standard InChI is InChI=1S/C24H14N4O3S/c25-14-19(31-15-29)13-20-9-10-22(32-20)17-5-7-18(8-6-17)28-24(30)27-12-11-16-3-1-2-4-21(16)23(27)26-28/h1-13,15H/b19-13+. The van der Waals surface area contributed by atoms with Gasteiger partial charge in [-0.3, -0.25) is 4.79 Å². The molecule has 5 aromatic rings. The number of fused-ring (bicyclic) bond motifs is 3. The van der Waals surface area contributed by atoms with Crippen LogP contribution >= 0.6 is 11.3 Å². The fourth-order valence-electron chi connectivity index (χ4n) is 3.49. The maximum Gasteiger partial charge on any atom is 0.355 e. The summed E-state index contributed by atoms with van der Waals surface area (Å²) in [5.41, 5.74) is 1.99. The maximum atomic E-state index is 12.9. The monoisotopic (exact) mass is 438 g/mol. The summed E-state index contributed by atoms with van der Waals surface area (Å²) < 4.78 is 7.56. The van der Waals surface area contributed by atoms with E-state index in [1.54, 1.807) is 10.6 Å². The van der Waals surface area contributed by atoms with E-state index < -0.39 is 0 Å². The Morgan fingerprint density at radius 2 is 1.88 bits per heavy atom. The molecule has 0 amide bonds. The summed E-state index contributed by atoms with van der Waals surface area (Å²) in [7, 11) is 0. The molecular weight excluding hydrogens is 424 g/mol. The molecule has 154 valence electrons. The molecule has 0 saturated carbocycles. The van der Waals surface area contributed by atoms with Gasteiger partial charge >= 0.3 is 5.69 Å². The molecule has 0 radical (unpaired) electrons. The highest BCUT2D eigenvalue weighted by atomic mass is 32.1. The lowest BCUT2D eigenvalue weighted by Gasteiger charge is -2.01. The summed E-state index contributed by atoms with van der Waals surface area (Å²) in [5, 5.41) is 15.5. The molecule has 32 heavy (non-hydrogen) atoms. The van der Waals surface area contributed by atoms with E-state index in [1.165, 1.54) is 22.1 Å². The SMILES string of the molecule is N#C/C(=C\c1ccc(-c2ccc(-n3nc4c5ccccc5ccn4c3=O)cc2)s1)OC=O. The molecule has 2 aromatic carbocycles. The van der Waals surface area contributed by atoms with E-state index in [4.69, 9.17) is 5.26 Å². The lowest BCUT2D eigenvalue weighted by Crippen LogP contribution is -2.19. The number of carbonyl (C=O) groups excluding carboxylic acids is 1. The Morgan fingerprint density at radius 3 is 2.66 bits per heavy atom. The minimum Gasteiger partial charge on any atom is -0.417 e. The number of aromatic nitrogens is 3. The van der Waals surface area contributed by atoms with Crippen LogP contribution in [-0.2, 0) is 9.53 Å². The van der Waals surface area contributed by atoms with E-state index in [9.17, 15) is 9.59 Å². The van der Waals surface area contributed by atoms with E-state index in [2.05, 4.69) is 9.84 Å². The van der Waals surface area contributed by atoms with E-state index in [1.807, 2.05) is 72.8 Å². The molecule has 0 aliphatic carbocycles. The Bertz CT molecular complexity index is 1600. The molecule has 3 aromatic heterocycles. The predicted octanol–water partition coefficient (Wildman–Crippen LogP) is 4.40. The van der Waals surface area contributed by atoms with Crippen LogP contribution in [0.15, 0.2) is 83.5 Å². The average Bonchev–Trinajstić information content (AvgIpc) is 3.43. The summed E-state index contributed by atoms with van der Waals surface area (Å²) in [6.45, 7) is 0.229. The van der Waals surface area contributed by atoms with Crippen LogP contribution in [0.25, 0.3) is 38.6 Å². The predicted molar refractivity (Wildman–Crippen MR) is 122 cm³/mol. The number of rotatable bonds is 5. The van der Waals surface area contributed by atoms with Gasteiger partial charge in [0.25, 0.3) is 6.47 Å². The van der Waals surface area contributed by atoms with Gasteiger partial charge in [-0.2, -0.15) is 9.94 Å². The van der Waals surface area contributed by atoms with Crippen LogP contribution in [0.3, 0.4) is 0 Å². The van der Waals surface area contributed by atoms with Gasteiger partial charge in [0.1, 0.15) is 6.07 Å². The van der Waals surface area contributed by atoms with Gasteiger partial charge < -0.3 is 4.74 Å². The molecule has 8 heteroatoms. The van der Waals surface area contributed by atoms with Crippen molar-refractivity contribution >= 4 is 40.3 Å². The van der Waals surface area contributed by atoms with Crippen molar-refractivity contribution in [2.75, 3.05) is 0 Å².